The highest BCUT2D eigenvalue weighted by atomic mass is 79.9. The van der Waals surface area contributed by atoms with Crippen molar-refractivity contribution >= 4 is 33.4 Å². The average molecular weight is 501 g/mol. The van der Waals surface area contributed by atoms with Crippen LogP contribution in [-0.2, 0) is 9.59 Å². The number of ketones is 1. The number of Topliss-reactive ketones (excluding diaryl/α,β-unsaturated/α-hetero) is 1. The van der Waals surface area contributed by atoms with E-state index in [0.717, 1.165) is 30.8 Å². The number of carbonyl (C=O) groups is 2. The molecule has 7 heteroatoms. The molecule has 1 aliphatic heterocycles. The lowest BCUT2D eigenvalue weighted by molar-refractivity contribution is -0.140. The van der Waals surface area contributed by atoms with Gasteiger partial charge in [-0.15, -0.1) is 0 Å². The average Bonchev–Trinajstić information content (AvgIpc) is 3.03. The largest absolute Gasteiger partial charge is 0.507 e. The molecule has 1 saturated heterocycles. The van der Waals surface area contributed by atoms with Crippen molar-refractivity contribution in [3.63, 3.8) is 0 Å². The maximum atomic E-state index is 13.1. The van der Waals surface area contributed by atoms with Gasteiger partial charge in [-0.25, -0.2) is 0 Å². The van der Waals surface area contributed by atoms with Gasteiger partial charge in [0, 0.05) is 11.0 Å². The van der Waals surface area contributed by atoms with E-state index in [1.54, 1.807) is 6.07 Å². The molecule has 1 heterocycles. The number of aryl methyl sites for hydroxylation is 1. The predicted octanol–water partition coefficient (Wildman–Crippen LogP) is 4.62. The van der Waals surface area contributed by atoms with Gasteiger partial charge >= 0.3 is 0 Å². The van der Waals surface area contributed by atoms with E-state index >= 15 is 0 Å². The Bertz CT molecular complexity index is 1030. The Kier molecular flexibility index (Phi) is 7.74. The highest BCUT2D eigenvalue weighted by Gasteiger charge is 2.46. The third-order valence-corrected chi connectivity index (χ3v) is 6.41. The first kappa shape index (κ1) is 24.0. The molecule has 0 aromatic heterocycles. The maximum Gasteiger partial charge on any atom is 0.295 e. The van der Waals surface area contributed by atoms with Crippen LogP contribution < -0.4 is 0 Å². The van der Waals surface area contributed by atoms with Crippen molar-refractivity contribution in [2.75, 3.05) is 26.2 Å². The molecule has 2 aromatic carbocycles. The molecule has 1 amide bonds. The molecule has 0 spiro atoms. The van der Waals surface area contributed by atoms with E-state index in [4.69, 9.17) is 0 Å². The zero-order valence-corrected chi connectivity index (χ0v) is 20.2. The number of rotatable bonds is 8. The van der Waals surface area contributed by atoms with Crippen molar-refractivity contribution in [1.29, 1.82) is 0 Å². The topological polar surface area (TPSA) is 81.1 Å². The summed E-state index contributed by atoms with van der Waals surface area (Å²) in [5.74, 6) is -1.92. The van der Waals surface area contributed by atoms with Crippen LogP contribution >= 0.6 is 15.9 Å². The number of hydrogen-bond acceptors (Lipinski definition) is 5. The molecule has 0 bridgehead atoms. The third kappa shape index (κ3) is 4.89. The molecule has 1 unspecified atom stereocenters. The van der Waals surface area contributed by atoms with E-state index in [-0.39, 0.29) is 22.6 Å². The number of likely N-dealkylation sites (tertiary alicyclic amines) is 1. The summed E-state index contributed by atoms with van der Waals surface area (Å²) in [5, 5.41) is 21.4. The number of phenolic OH excluding ortho intramolecular Hbond substituents is 1. The number of nitrogens with zero attached hydrogens (tertiary/aromatic N) is 2. The van der Waals surface area contributed by atoms with Crippen molar-refractivity contribution < 1.29 is 19.8 Å². The zero-order chi connectivity index (χ0) is 23.4. The fourth-order valence-electron chi connectivity index (χ4n) is 4.05. The van der Waals surface area contributed by atoms with Gasteiger partial charge < -0.3 is 20.0 Å². The van der Waals surface area contributed by atoms with Gasteiger partial charge in [-0.05, 0) is 56.7 Å². The Hall–Kier alpha value is -2.64. The van der Waals surface area contributed by atoms with Crippen molar-refractivity contribution in [2.45, 2.75) is 33.2 Å². The summed E-state index contributed by atoms with van der Waals surface area (Å²) in [4.78, 5) is 29.9. The summed E-state index contributed by atoms with van der Waals surface area (Å²) in [6, 6.07) is 11.5. The summed E-state index contributed by atoms with van der Waals surface area (Å²) < 4.78 is 0.636. The molecular formula is C25H29BrN2O4. The third-order valence-electron chi connectivity index (χ3n) is 5.91. The van der Waals surface area contributed by atoms with Crippen molar-refractivity contribution in [2.24, 2.45) is 0 Å². The lowest BCUT2D eigenvalue weighted by Gasteiger charge is -2.27. The standard InChI is InChI=1S/C25H29BrN2O4/c1-4-27(5-2)13-6-14-28-22(17-9-7-16(3)8-10-17)21(24(31)25(28)32)23(30)19-15-18(26)11-12-20(19)29/h7-12,15,22,29-30H,4-6,13-14H2,1-3H3/b23-21+. The second kappa shape index (κ2) is 10.3. The number of aliphatic hydroxyl groups is 1. The summed E-state index contributed by atoms with van der Waals surface area (Å²) in [6.07, 6.45) is 0.708. The SMILES string of the molecule is CCN(CC)CCCN1C(=O)C(=O)/C(=C(/O)c2cc(Br)ccc2O)C1c1ccc(C)cc1. The number of aliphatic hydroxyl groups excluding tert-OH is 1. The summed E-state index contributed by atoms with van der Waals surface area (Å²) in [7, 11) is 0. The summed E-state index contributed by atoms with van der Waals surface area (Å²) in [5.41, 5.74) is 1.90. The first-order valence-corrected chi connectivity index (χ1v) is 11.6. The van der Waals surface area contributed by atoms with Crippen LogP contribution in [0.3, 0.4) is 0 Å². The number of aromatic hydroxyl groups is 1. The minimum absolute atomic E-state index is 0.00454. The number of phenols is 1. The number of amides is 1. The zero-order valence-electron chi connectivity index (χ0n) is 18.6. The van der Waals surface area contributed by atoms with E-state index in [9.17, 15) is 19.8 Å². The van der Waals surface area contributed by atoms with Gasteiger partial charge in [0.05, 0.1) is 17.2 Å². The van der Waals surface area contributed by atoms with Gasteiger partial charge in [-0.2, -0.15) is 0 Å². The quantitative estimate of drug-likeness (QED) is 0.314. The second-order valence-electron chi connectivity index (χ2n) is 7.95. The van der Waals surface area contributed by atoms with Crippen LogP contribution in [-0.4, -0.2) is 57.9 Å². The molecule has 170 valence electrons. The first-order valence-electron chi connectivity index (χ1n) is 10.8. The van der Waals surface area contributed by atoms with Crippen molar-refractivity contribution in [3.05, 3.63) is 69.2 Å². The second-order valence-corrected chi connectivity index (χ2v) is 8.86. The Morgan fingerprint density at radius 1 is 1.09 bits per heavy atom. The maximum absolute atomic E-state index is 13.1. The van der Waals surface area contributed by atoms with Gasteiger partial charge in [0.2, 0.25) is 0 Å². The molecule has 2 aromatic rings. The van der Waals surface area contributed by atoms with Gasteiger partial charge in [0.1, 0.15) is 11.5 Å². The number of benzene rings is 2. The lowest BCUT2D eigenvalue weighted by atomic mass is 9.94. The van der Waals surface area contributed by atoms with E-state index in [1.807, 2.05) is 31.2 Å². The fourth-order valence-corrected chi connectivity index (χ4v) is 4.41. The van der Waals surface area contributed by atoms with E-state index in [0.29, 0.717) is 17.4 Å². The summed E-state index contributed by atoms with van der Waals surface area (Å²) >= 11 is 3.33. The van der Waals surface area contributed by atoms with Gasteiger partial charge in [-0.1, -0.05) is 59.6 Å². The first-order chi connectivity index (χ1) is 15.3. The van der Waals surface area contributed by atoms with Crippen LogP contribution in [0.5, 0.6) is 5.75 Å². The van der Waals surface area contributed by atoms with E-state index in [1.165, 1.54) is 17.0 Å². The molecule has 6 nitrogen and oxygen atoms in total. The smallest absolute Gasteiger partial charge is 0.295 e. The van der Waals surface area contributed by atoms with Crippen LogP contribution in [0.4, 0.5) is 0 Å². The monoisotopic (exact) mass is 500 g/mol. The minimum atomic E-state index is -0.740. The van der Waals surface area contributed by atoms with E-state index in [2.05, 4.69) is 34.7 Å². The molecule has 32 heavy (non-hydrogen) atoms. The summed E-state index contributed by atoms with van der Waals surface area (Å²) in [6.45, 7) is 9.17. The van der Waals surface area contributed by atoms with Crippen LogP contribution in [0.25, 0.3) is 5.76 Å². The molecule has 0 radical (unpaired) electrons. The van der Waals surface area contributed by atoms with Crippen molar-refractivity contribution in [1.82, 2.24) is 9.80 Å². The normalized spacial score (nSPS) is 18.0. The molecule has 1 atom stereocenters. The van der Waals surface area contributed by atoms with E-state index < -0.39 is 17.7 Å². The molecule has 3 rings (SSSR count). The number of carbonyl (C=O) groups excluding carboxylic acids is 2. The Labute approximate surface area is 197 Å². The minimum Gasteiger partial charge on any atom is -0.507 e. The molecule has 0 saturated carbocycles. The lowest BCUT2D eigenvalue weighted by Crippen LogP contribution is -2.33. The van der Waals surface area contributed by atoms with Gasteiger partial charge in [0.25, 0.3) is 11.7 Å². The molecule has 1 fully saturated rings. The fraction of sp³-hybridized carbons (Fsp3) is 0.360. The van der Waals surface area contributed by atoms with Crippen LogP contribution in [0, 0.1) is 6.92 Å². The highest BCUT2D eigenvalue weighted by molar-refractivity contribution is 9.10. The Morgan fingerprint density at radius 3 is 2.38 bits per heavy atom. The molecule has 2 N–H and O–H groups in total. The molecule has 0 aliphatic carbocycles. The molecule has 1 aliphatic rings. The van der Waals surface area contributed by atoms with Gasteiger partial charge in [-0.3, -0.25) is 9.59 Å². The van der Waals surface area contributed by atoms with Gasteiger partial charge in [0.15, 0.2) is 0 Å². The van der Waals surface area contributed by atoms with Crippen molar-refractivity contribution in [3.8, 4) is 5.75 Å². The van der Waals surface area contributed by atoms with Crippen LogP contribution in [0.2, 0.25) is 0 Å². The van der Waals surface area contributed by atoms with Crippen LogP contribution in [0.1, 0.15) is 43.0 Å². The molecular weight excluding hydrogens is 472 g/mol. The van der Waals surface area contributed by atoms with Crippen LogP contribution in [0.15, 0.2) is 52.5 Å². The number of hydrogen-bond donors (Lipinski definition) is 2. The number of halogens is 1. The highest BCUT2D eigenvalue weighted by Crippen LogP contribution is 2.41. The Morgan fingerprint density at radius 2 is 1.75 bits per heavy atom. The predicted molar refractivity (Wildman–Crippen MR) is 128 cm³/mol. The Balaban J connectivity index is 2.06.